The van der Waals surface area contributed by atoms with Crippen LogP contribution in [-0.2, 0) is 19.4 Å². The van der Waals surface area contributed by atoms with Gasteiger partial charge in [-0.1, -0.05) is 82.1 Å². The fraction of sp³-hybridized carbons (Fsp3) is 0.622. The quantitative estimate of drug-likeness (QED) is 0.256. The first-order chi connectivity index (χ1) is 21.5. The average Bonchev–Trinajstić information content (AvgIpc) is 2.98. The number of carbonyl (C=O) groups is 2. The molecule has 0 radical (unpaired) electrons. The van der Waals surface area contributed by atoms with E-state index < -0.39 is 32.6 Å². The van der Waals surface area contributed by atoms with Crippen LogP contribution in [0.3, 0.4) is 0 Å². The monoisotopic (exact) mass is 690 g/mol. The van der Waals surface area contributed by atoms with Crippen molar-refractivity contribution in [3.05, 3.63) is 69.7 Å². The number of rotatable bonds is 11. The molecule has 2 fully saturated rings. The summed E-state index contributed by atoms with van der Waals surface area (Å²) < 4.78 is 26.9. The van der Waals surface area contributed by atoms with E-state index in [0.717, 1.165) is 36.8 Å². The van der Waals surface area contributed by atoms with Crippen molar-refractivity contribution in [3.63, 3.8) is 0 Å². The topological polar surface area (TPSA) is 83.6 Å². The molecule has 2 aromatic rings. The molecule has 2 aliphatic rings. The molecular weight excluding hydrogens is 639 g/mol. The molecule has 0 bridgehead atoms. The van der Waals surface area contributed by atoms with Crippen molar-refractivity contribution in [3.8, 4) is 0 Å². The first-order valence-corrected chi connectivity index (χ1v) is 19.3. The first kappa shape index (κ1) is 36.7. The molecule has 1 aliphatic carbocycles. The second kappa shape index (κ2) is 15.0. The van der Waals surface area contributed by atoms with Crippen molar-refractivity contribution in [2.45, 2.75) is 116 Å². The molecule has 6 nitrogen and oxygen atoms in total. The second-order valence-electron chi connectivity index (χ2n) is 14.9. The summed E-state index contributed by atoms with van der Waals surface area (Å²) in [7, 11) is -3.52. The summed E-state index contributed by atoms with van der Waals surface area (Å²) in [4.78, 5) is 30.5. The highest BCUT2D eigenvalue weighted by molar-refractivity contribution is 7.92. The Morgan fingerprint density at radius 3 is 2.11 bits per heavy atom. The number of nitrogens with zero attached hydrogens (tertiary/aromatic N) is 1. The highest BCUT2D eigenvalue weighted by Crippen LogP contribution is 2.52. The second-order valence-corrected chi connectivity index (χ2v) is 18.4. The zero-order valence-corrected chi connectivity index (χ0v) is 30.8. The van der Waals surface area contributed by atoms with Gasteiger partial charge in [0.25, 0.3) is 0 Å². The van der Waals surface area contributed by atoms with Crippen molar-refractivity contribution in [2.24, 2.45) is 23.2 Å². The van der Waals surface area contributed by atoms with Crippen LogP contribution in [-0.4, -0.2) is 48.2 Å². The van der Waals surface area contributed by atoms with E-state index in [1.165, 1.54) is 0 Å². The van der Waals surface area contributed by atoms with Gasteiger partial charge in [0.15, 0.2) is 9.84 Å². The van der Waals surface area contributed by atoms with Crippen LogP contribution >= 0.6 is 23.2 Å². The SMILES string of the molecule is CC(C)C1CCC(NC(=O)C[C@@]2(C)C[C@H](c3cccc(Cl)c3)[C@@H](c3ccc(Cl)cc3)N([C@H](CS(=O)(=O)C(C)C)C(C)C)C2=O)CC1. The number of halogens is 2. The van der Waals surface area contributed by atoms with E-state index >= 15 is 0 Å². The molecule has 1 N–H and O–H groups in total. The standard InChI is InChI=1S/C37H52Cl2N2O4S/c1-23(2)26-13-17-31(18-14-26)40-34(42)21-37(7)20-32(28-9-8-10-30(39)19-28)35(27-11-15-29(38)16-12-27)41(36(37)43)33(24(3)4)22-46(44,45)25(5)6/h8-12,15-16,19,23-26,31-33,35H,13-14,17-18,20-22H2,1-7H3,(H,40,42)/t26?,31?,32-,33-,35-,37-/m1/s1. The van der Waals surface area contributed by atoms with Crippen molar-refractivity contribution in [2.75, 3.05) is 5.75 Å². The average molecular weight is 692 g/mol. The Bertz CT molecular complexity index is 1470. The van der Waals surface area contributed by atoms with Gasteiger partial charge in [0.1, 0.15) is 0 Å². The maximum Gasteiger partial charge on any atom is 0.229 e. The van der Waals surface area contributed by atoms with Crippen molar-refractivity contribution in [1.82, 2.24) is 10.2 Å². The predicted octanol–water partition coefficient (Wildman–Crippen LogP) is 8.63. The van der Waals surface area contributed by atoms with E-state index in [2.05, 4.69) is 19.2 Å². The number of hydrogen-bond acceptors (Lipinski definition) is 4. The van der Waals surface area contributed by atoms with Gasteiger partial charge in [0.2, 0.25) is 11.8 Å². The minimum Gasteiger partial charge on any atom is -0.353 e. The third-order valence-electron chi connectivity index (χ3n) is 10.5. The van der Waals surface area contributed by atoms with Gasteiger partial charge >= 0.3 is 0 Å². The zero-order chi connectivity index (χ0) is 34.0. The molecule has 9 heteroatoms. The van der Waals surface area contributed by atoms with Crippen LogP contribution < -0.4 is 5.32 Å². The summed E-state index contributed by atoms with van der Waals surface area (Å²) >= 11 is 12.8. The summed E-state index contributed by atoms with van der Waals surface area (Å²) in [6, 6.07) is 14.1. The summed E-state index contributed by atoms with van der Waals surface area (Å²) in [5.74, 6) is 0.405. The van der Waals surface area contributed by atoms with E-state index in [9.17, 15) is 18.0 Å². The molecule has 1 saturated heterocycles. The van der Waals surface area contributed by atoms with Gasteiger partial charge in [-0.2, -0.15) is 0 Å². The normalized spacial score (nSPS) is 26.5. The lowest BCUT2D eigenvalue weighted by atomic mass is 9.66. The Hall–Kier alpha value is -2.09. The molecule has 0 unspecified atom stereocenters. The van der Waals surface area contributed by atoms with E-state index in [0.29, 0.717) is 28.3 Å². The molecule has 0 aromatic heterocycles. The van der Waals surface area contributed by atoms with Gasteiger partial charge in [0, 0.05) is 34.5 Å². The lowest BCUT2D eigenvalue weighted by Gasteiger charge is -2.53. The molecule has 1 heterocycles. The van der Waals surface area contributed by atoms with Crippen LogP contribution in [0.2, 0.25) is 10.0 Å². The summed E-state index contributed by atoms with van der Waals surface area (Å²) in [6.07, 6.45) is 4.50. The Morgan fingerprint density at radius 2 is 1.57 bits per heavy atom. The van der Waals surface area contributed by atoms with Gasteiger partial charge < -0.3 is 10.2 Å². The molecule has 2 amide bonds. The molecule has 254 valence electrons. The van der Waals surface area contributed by atoms with Crippen molar-refractivity contribution < 1.29 is 18.0 Å². The number of nitrogens with one attached hydrogen (secondary N) is 1. The highest BCUT2D eigenvalue weighted by atomic mass is 35.5. The molecule has 2 aromatic carbocycles. The molecule has 1 aliphatic heterocycles. The third kappa shape index (κ3) is 8.49. The minimum atomic E-state index is -3.52. The lowest BCUT2D eigenvalue weighted by Crippen LogP contribution is -2.59. The van der Waals surface area contributed by atoms with Crippen molar-refractivity contribution >= 4 is 44.9 Å². The van der Waals surface area contributed by atoms with Crippen LogP contribution in [0.15, 0.2) is 48.5 Å². The zero-order valence-electron chi connectivity index (χ0n) is 28.4. The molecule has 4 atom stereocenters. The third-order valence-corrected chi connectivity index (χ3v) is 13.2. The van der Waals surface area contributed by atoms with Crippen LogP contribution in [0.5, 0.6) is 0 Å². The minimum absolute atomic E-state index is 0.0264. The van der Waals surface area contributed by atoms with E-state index in [1.807, 2.05) is 62.1 Å². The van der Waals surface area contributed by atoms with Crippen molar-refractivity contribution in [1.29, 1.82) is 0 Å². The number of amides is 2. The number of piperidine rings is 1. The fourth-order valence-corrected chi connectivity index (χ4v) is 9.23. The molecule has 4 rings (SSSR count). The highest BCUT2D eigenvalue weighted by Gasteiger charge is 2.53. The number of likely N-dealkylation sites (tertiary alicyclic amines) is 1. The van der Waals surface area contributed by atoms with Crippen LogP contribution in [0, 0.1) is 23.2 Å². The van der Waals surface area contributed by atoms with Crippen LogP contribution in [0.4, 0.5) is 0 Å². The lowest BCUT2D eigenvalue weighted by molar-refractivity contribution is -0.158. The molecule has 1 saturated carbocycles. The van der Waals surface area contributed by atoms with Gasteiger partial charge in [-0.05, 0) is 99.1 Å². The summed E-state index contributed by atoms with van der Waals surface area (Å²) in [6.45, 7) is 13.7. The maximum atomic E-state index is 15.0. The van der Waals surface area contributed by atoms with Crippen LogP contribution in [0.1, 0.15) is 110 Å². The number of carbonyl (C=O) groups excluding carboxylic acids is 2. The Labute approximate surface area is 286 Å². The van der Waals surface area contributed by atoms with E-state index in [-0.39, 0.29) is 41.9 Å². The van der Waals surface area contributed by atoms with Gasteiger partial charge in [-0.15, -0.1) is 0 Å². The summed E-state index contributed by atoms with van der Waals surface area (Å²) in [5.41, 5.74) is 0.741. The predicted molar refractivity (Wildman–Crippen MR) is 189 cm³/mol. The first-order valence-electron chi connectivity index (χ1n) is 16.9. The Kier molecular flexibility index (Phi) is 12.0. The van der Waals surface area contributed by atoms with Crippen LogP contribution in [0.25, 0.3) is 0 Å². The maximum absolute atomic E-state index is 15.0. The van der Waals surface area contributed by atoms with E-state index in [4.69, 9.17) is 23.2 Å². The molecule has 0 spiro atoms. The largest absolute Gasteiger partial charge is 0.353 e. The Morgan fingerprint density at radius 1 is 0.935 bits per heavy atom. The summed E-state index contributed by atoms with van der Waals surface area (Å²) in [5, 5.41) is 3.83. The smallest absolute Gasteiger partial charge is 0.229 e. The van der Waals surface area contributed by atoms with Gasteiger partial charge in [-0.3, -0.25) is 9.59 Å². The fourth-order valence-electron chi connectivity index (χ4n) is 7.50. The van der Waals surface area contributed by atoms with Gasteiger partial charge in [0.05, 0.1) is 22.5 Å². The molecular formula is C37H52Cl2N2O4S. The van der Waals surface area contributed by atoms with E-state index in [1.54, 1.807) is 26.0 Å². The number of sulfone groups is 1. The Balaban J connectivity index is 1.78. The molecule has 46 heavy (non-hydrogen) atoms. The number of hydrogen-bond donors (Lipinski definition) is 1. The number of benzene rings is 2. The van der Waals surface area contributed by atoms with Gasteiger partial charge in [-0.25, -0.2) is 8.42 Å².